The van der Waals surface area contributed by atoms with E-state index in [0.29, 0.717) is 6.54 Å². The Bertz CT molecular complexity index is 394. The fourth-order valence-corrected chi connectivity index (χ4v) is 2.53. The van der Waals surface area contributed by atoms with E-state index in [1.165, 1.54) is 5.69 Å². The molecule has 1 fully saturated rings. The summed E-state index contributed by atoms with van der Waals surface area (Å²) >= 11 is 0. The maximum absolute atomic E-state index is 12.2. The Labute approximate surface area is 94.2 Å². The summed E-state index contributed by atoms with van der Waals surface area (Å²) in [6.07, 6.45) is 4.82. The first-order valence-corrected chi connectivity index (χ1v) is 5.88. The third kappa shape index (κ3) is 1.61. The van der Waals surface area contributed by atoms with Crippen LogP contribution in [0, 0.1) is 0 Å². The number of nitrogens with one attached hydrogen (secondary N) is 2. The van der Waals surface area contributed by atoms with Gasteiger partial charge in [-0.1, -0.05) is 0 Å². The number of nitrogens with zero attached hydrogens (tertiary/aromatic N) is 2. The maximum Gasteiger partial charge on any atom is 0.240 e. The fourth-order valence-electron chi connectivity index (χ4n) is 2.53. The standard InChI is InChI=1S/C11H16N4O/c16-11(10-2-1-4-12-10)15-5-3-9-8(7-15)6-13-14-9/h6,10,12H,1-5,7H2,(H,13,14). The zero-order chi connectivity index (χ0) is 11.0. The number of hydrogen-bond donors (Lipinski definition) is 2. The summed E-state index contributed by atoms with van der Waals surface area (Å²) in [7, 11) is 0. The minimum atomic E-state index is 0.0495. The molecule has 1 aromatic rings. The molecule has 2 N–H and O–H groups in total. The van der Waals surface area contributed by atoms with Crippen LogP contribution in [0.15, 0.2) is 6.20 Å². The van der Waals surface area contributed by atoms with Crippen LogP contribution >= 0.6 is 0 Å². The highest BCUT2D eigenvalue weighted by Crippen LogP contribution is 2.18. The lowest BCUT2D eigenvalue weighted by molar-refractivity contribution is -0.134. The van der Waals surface area contributed by atoms with Gasteiger partial charge in [0.05, 0.1) is 12.2 Å². The SMILES string of the molecule is O=C(C1CCCN1)N1CCc2[nH]ncc2C1. The first-order chi connectivity index (χ1) is 7.84. The molecule has 1 atom stereocenters. The molecule has 5 nitrogen and oxygen atoms in total. The minimum absolute atomic E-state index is 0.0495. The maximum atomic E-state index is 12.2. The Morgan fingerprint density at radius 3 is 3.31 bits per heavy atom. The van der Waals surface area contributed by atoms with Gasteiger partial charge in [0.1, 0.15) is 0 Å². The van der Waals surface area contributed by atoms with Gasteiger partial charge in [-0.3, -0.25) is 9.89 Å². The van der Waals surface area contributed by atoms with E-state index in [1.54, 1.807) is 0 Å². The van der Waals surface area contributed by atoms with Crippen LogP contribution in [0.2, 0.25) is 0 Å². The summed E-state index contributed by atoms with van der Waals surface area (Å²) in [6.45, 7) is 2.50. The highest BCUT2D eigenvalue weighted by molar-refractivity contribution is 5.82. The Kier molecular flexibility index (Phi) is 2.40. The van der Waals surface area contributed by atoms with E-state index in [4.69, 9.17) is 0 Å². The van der Waals surface area contributed by atoms with E-state index in [1.807, 2.05) is 11.1 Å². The highest BCUT2D eigenvalue weighted by Gasteiger charge is 2.29. The Morgan fingerprint density at radius 2 is 2.50 bits per heavy atom. The lowest BCUT2D eigenvalue weighted by Gasteiger charge is -2.28. The number of carbonyl (C=O) groups is 1. The summed E-state index contributed by atoms with van der Waals surface area (Å²) in [5.41, 5.74) is 2.35. The quantitative estimate of drug-likeness (QED) is 0.703. The van der Waals surface area contributed by atoms with Crippen LogP contribution in [-0.2, 0) is 17.8 Å². The van der Waals surface area contributed by atoms with Crippen molar-refractivity contribution in [1.29, 1.82) is 0 Å². The average Bonchev–Trinajstić information content (AvgIpc) is 2.98. The molecular weight excluding hydrogens is 204 g/mol. The summed E-state index contributed by atoms with van der Waals surface area (Å²) < 4.78 is 0. The second-order valence-corrected chi connectivity index (χ2v) is 4.53. The molecule has 0 aromatic carbocycles. The van der Waals surface area contributed by atoms with Gasteiger partial charge >= 0.3 is 0 Å². The smallest absolute Gasteiger partial charge is 0.240 e. The van der Waals surface area contributed by atoms with Gasteiger partial charge in [0.25, 0.3) is 0 Å². The molecule has 1 unspecified atom stereocenters. The third-order valence-corrected chi connectivity index (χ3v) is 3.47. The van der Waals surface area contributed by atoms with Crippen molar-refractivity contribution >= 4 is 5.91 Å². The van der Waals surface area contributed by atoms with Gasteiger partial charge in [-0.05, 0) is 19.4 Å². The van der Waals surface area contributed by atoms with Crippen molar-refractivity contribution in [2.75, 3.05) is 13.1 Å². The van der Waals surface area contributed by atoms with Crippen LogP contribution in [0.4, 0.5) is 0 Å². The van der Waals surface area contributed by atoms with Crippen LogP contribution < -0.4 is 5.32 Å². The zero-order valence-corrected chi connectivity index (χ0v) is 9.20. The third-order valence-electron chi connectivity index (χ3n) is 3.47. The summed E-state index contributed by atoms with van der Waals surface area (Å²) in [4.78, 5) is 14.1. The second-order valence-electron chi connectivity index (χ2n) is 4.53. The van der Waals surface area contributed by atoms with E-state index >= 15 is 0 Å². The molecule has 0 spiro atoms. The number of carbonyl (C=O) groups excluding carboxylic acids is 1. The van der Waals surface area contributed by atoms with Crippen molar-refractivity contribution in [3.63, 3.8) is 0 Å². The van der Waals surface area contributed by atoms with Crippen LogP contribution in [-0.4, -0.2) is 40.1 Å². The molecule has 1 aromatic heterocycles. The van der Waals surface area contributed by atoms with Gasteiger partial charge in [-0.15, -0.1) is 0 Å². The topological polar surface area (TPSA) is 61.0 Å². The van der Waals surface area contributed by atoms with Gasteiger partial charge in [-0.2, -0.15) is 5.10 Å². The number of H-pyrrole nitrogens is 1. The average molecular weight is 220 g/mol. The number of rotatable bonds is 1. The van der Waals surface area contributed by atoms with Gasteiger partial charge in [-0.25, -0.2) is 0 Å². The minimum Gasteiger partial charge on any atom is -0.336 e. The molecule has 2 aliphatic rings. The summed E-state index contributed by atoms with van der Waals surface area (Å²) in [5, 5.41) is 10.3. The van der Waals surface area contributed by atoms with Crippen molar-refractivity contribution in [3.8, 4) is 0 Å². The predicted octanol–water partition coefficient (Wildman–Crippen LogP) is 0.0464. The lowest BCUT2D eigenvalue weighted by Crippen LogP contribution is -2.45. The molecule has 2 aliphatic heterocycles. The lowest BCUT2D eigenvalue weighted by atomic mass is 10.1. The van der Waals surface area contributed by atoms with E-state index in [9.17, 15) is 4.79 Å². The van der Waals surface area contributed by atoms with Crippen molar-refractivity contribution in [2.45, 2.75) is 31.8 Å². The monoisotopic (exact) mass is 220 g/mol. The number of amides is 1. The molecule has 0 radical (unpaired) electrons. The van der Waals surface area contributed by atoms with Crippen molar-refractivity contribution in [2.24, 2.45) is 0 Å². The number of fused-ring (bicyclic) bond motifs is 1. The fraction of sp³-hybridized carbons (Fsp3) is 0.636. The number of hydrogen-bond acceptors (Lipinski definition) is 3. The van der Waals surface area contributed by atoms with Crippen molar-refractivity contribution in [1.82, 2.24) is 20.4 Å². The number of aromatic amines is 1. The number of aromatic nitrogens is 2. The molecule has 16 heavy (non-hydrogen) atoms. The molecule has 0 aliphatic carbocycles. The molecule has 1 amide bonds. The molecular formula is C11H16N4O. The molecule has 5 heteroatoms. The molecule has 86 valence electrons. The molecule has 0 saturated carbocycles. The second kappa shape index (κ2) is 3.90. The van der Waals surface area contributed by atoms with Crippen molar-refractivity contribution in [3.05, 3.63) is 17.5 Å². The Balaban J connectivity index is 1.71. The zero-order valence-electron chi connectivity index (χ0n) is 9.20. The highest BCUT2D eigenvalue weighted by atomic mass is 16.2. The van der Waals surface area contributed by atoms with E-state index in [2.05, 4.69) is 15.5 Å². The van der Waals surface area contributed by atoms with E-state index in [-0.39, 0.29) is 11.9 Å². The summed E-state index contributed by atoms with van der Waals surface area (Å²) in [6, 6.07) is 0.0495. The summed E-state index contributed by atoms with van der Waals surface area (Å²) in [5.74, 6) is 0.254. The largest absolute Gasteiger partial charge is 0.336 e. The van der Waals surface area contributed by atoms with Gasteiger partial charge in [0, 0.05) is 30.8 Å². The van der Waals surface area contributed by atoms with Crippen LogP contribution in [0.25, 0.3) is 0 Å². The van der Waals surface area contributed by atoms with Crippen LogP contribution in [0.5, 0.6) is 0 Å². The molecule has 0 bridgehead atoms. The van der Waals surface area contributed by atoms with Gasteiger partial charge < -0.3 is 10.2 Å². The normalized spacial score (nSPS) is 24.5. The molecule has 3 rings (SSSR count). The Hall–Kier alpha value is -1.36. The van der Waals surface area contributed by atoms with Gasteiger partial charge in [0.2, 0.25) is 5.91 Å². The molecule has 1 saturated heterocycles. The van der Waals surface area contributed by atoms with Crippen LogP contribution in [0.1, 0.15) is 24.1 Å². The van der Waals surface area contributed by atoms with E-state index < -0.39 is 0 Å². The van der Waals surface area contributed by atoms with E-state index in [0.717, 1.165) is 37.9 Å². The van der Waals surface area contributed by atoms with Gasteiger partial charge in [0.15, 0.2) is 0 Å². The first kappa shape index (κ1) is 9.84. The molecule has 3 heterocycles. The first-order valence-electron chi connectivity index (χ1n) is 5.88. The Morgan fingerprint density at radius 1 is 1.56 bits per heavy atom. The van der Waals surface area contributed by atoms with Crippen molar-refractivity contribution < 1.29 is 4.79 Å². The van der Waals surface area contributed by atoms with Crippen LogP contribution in [0.3, 0.4) is 0 Å². The predicted molar refractivity (Wildman–Crippen MR) is 58.7 cm³/mol.